The van der Waals surface area contributed by atoms with E-state index >= 15 is 0 Å². The van der Waals surface area contributed by atoms with Gasteiger partial charge in [-0.25, -0.2) is 0 Å². The SMILES string of the molecule is CCO[C@@H]1C[C@@H]2[C@@]34CO[C@]2(C#N)C=C[C@@H]3[C@@]2(C)CC=C[C@@H](C)[C@@H]2C[C@H]4O1. The van der Waals surface area contributed by atoms with E-state index in [-0.39, 0.29) is 29.1 Å². The highest BCUT2D eigenvalue weighted by molar-refractivity contribution is 5.36. The molecule has 5 aliphatic rings. The maximum absolute atomic E-state index is 10.0. The Bertz CT molecular complexity index is 711. The first kappa shape index (κ1) is 17.0. The average Bonchev–Trinajstić information content (AvgIpc) is 2.83. The molecule has 5 rings (SSSR count). The molecule has 0 aromatic heterocycles. The Kier molecular flexibility index (Phi) is 3.55. The van der Waals surface area contributed by atoms with Gasteiger partial charge in [-0.15, -0.1) is 0 Å². The lowest BCUT2D eigenvalue weighted by atomic mass is 9.41. The van der Waals surface area contributed by atoms with Crippen LogP contribution in [0.2, 0.25) is 0 Å². The van der Waals surface area contributed by atoms with E-state index in [0.29, 0.717) is 31.0 Å². The van der Waals surface area contributed by atoms with Gasteiger partial charge >= 0.3 is 0 Å². The van der Waals surface area contributed by atoms with Crippen LogP contribution >= 0.6 is 0 Å². The van der Waals surface area contributed by atoms with Gasteiger partial charge in [0.25, 0.3) is 0 Å². The second-order valence-corrected chi connectivity index (χ2v) is 9.28. The molecule has 26 heavy (non-hydrogen) atoms. The minimum Gasteiger partial charge on any atom is -0.356 e. The van der Waals surface area contributed by atoms with Crippen LogP contribution in [-0.2, 0) is 14.2 Å². The largest absolute Gasteiger partial charge is 0.356 e. The fraction of sp³-hybridized carbons (Fsp3) is 0.773. The fourth-order valence-corrected chi connectivity index (χ4v) is 7.25. The van der Waals surface area contributed by atoms with E-state index in [4.69, 9.17) is 14.2 Å². The van der Waals surface area contributed by atoms with Crippen LogP contribution in [0.4, 0.5) is 0 Å². The number of nitriles is 1. The minimum absolute atomic E-state index is 0.0891. The molecule has 0 amide bonds. The smallest absolute Gasteiger partial charge is 0.176 e. The van der Waals surface area contributed by atoms with Gasteiger partial charge < -0.3 is 14.2 Å². The summed E-state index contributed by atoms with van der Waals surface area (Å²) >= 11 is 0. The van der Waals surface area contributed by atoms with Crippen LogP contribution in [0.1, 0.15) is 40.0 Å². The number of hydrogen-bond acceptors (Lipinski definition) is 4. The lowest BCUT2D eigenvalue weighted by Gasteiger charge is -2.65. The molecule has 0 N–H and O–H groups in total. The Morgan fingerprint density at radius 3 is 2.92 bits per heavy atom. The first-order chi connectivity index (χ1) is 12.5. The van der Waals surface area contributed by atoms with Crippen LogP contribution in [0.3, 0.4) is 0 Å². The maximum atomic E-state index is 10.0. The van der Waals surface area contributed by atoms with Crippen molar-refractivity contribution in [1.82, 2.24) is 0 Å². The molecule has 2 saturated heterocycles. The van der Waals surface area contributed by atoms with Crippen molar-refractivity contribution >= 4 is 0 Å². The molecule has 3 aliphatic carbocycles. The van der Waals surface area contributed by atoms with Crippen LogP contribution in [0.5, 0.6) is 0 Å². The quantitative estimate of drug-likeness (QED) is 0.706. The molecule has 4 nitrogen and oxygen atoms in total. The van der Waals surface area contributed by atoms with Gasteiger partial charge in [-0.3, -0.25) is 0 Å². The maximum Gasteiger partial charge on any atom is 0.176 e. The van der Waals surface area contributed by atoms with Crippen molar-refractivity contribution in [3.8, 4) is 6.07 Å². The molecule has 3 fully saturated rings. The van der Waals surface area contributed by atoms with Gasteiger partial charge in [0.15, 0.2) is 11.9 Å². The molecule has 2 aliphatic heterocycles. The summed E-state index contributed by atoms with van der Waals surface area (Å²) < 4.78 is 18.7. The molecule has 0 unspecified atom stereocenters. The van der Waals surface area contributed by atoms with Gasteiger partial charge in [-0.1, -0.05) is 32.1 Å². The summed E-state index contributed by atoms with van der Waals surface area (Å²) in [7, 11) is 0. The molecule has 9 atom stereocenters. The average molecular weight is 355 g/mol. The molecule has 0 aromatic carbocycles. The summed E-state index contributed by atoms with van der Waals surface area (Å²) in [5.41, 5.74) is -0.683. The van der Waals surface area contributed by atoms with E-state index in [1.165, 1.54) is 0 Å². The molecule has 1 saturated carbocycles. The third-order valence-corrected chi connectivity index (χ3v) is 8.37. The summed E-state index contributed by atoms with van der Waals surface area (Å²) in [4.78, 5) is 0. The Labute approximate surface area is 156 Å². The van der Waals surface area contributed by atoms with Gasteiger partial charge in [0.2, 0.25) is 0 Å². The van der Waals surface area contributed by atoms with Crippen molar-refractivity contribution in [2.24, 2.45) is 34.5 Å². The van der Waals surface area contributed by atoms with Gasteiger partial charge in [0, 0.05) is 24.4 Å². The summed E-state index contributed by atoms with van der Waals surface area (Å²) in [6, 6.07) is 2.51. The third-order valence-electron chi connectivity index (χ3n) is 8.37. The van der Waals surface area contributed by atoms with E-state index in [9.17, 15) is 5.26 Å². The summed E-state index contributed by atoms with van der Waals surface area (Å²) in [5.74, 6) is 1.69. The van der Waals surface area contributed by atoms with E-state index in [1.807, 2.05) is 6.92 Å². The zero-order valence-corrected chi connectivity index (χ0v) is 16.0. The molecule has 4 heteroatoms. The molecule has 0 radical (unpaired) electrons. The van der Waals surface area contributed by atoms with Crippen molar-refractivity contribution in [2.75, 3.05) is 13.2 Å². The van der Waals surface area contributed by atoms with Crippen LogP contribution in [0, 0.1) is 45.8 Å². The van der Waals surface area contributed by atoms with Crippen molar-refractivity contribution in [2.45, 2.75) is 58.0 Å². The zero-order valence-electron chi connectivity index (χ0n) is 16.0. The number of hydrogen-bond donors (Lipinski definition) is 0. The number of fused-ring (bicyclic) bond motifs is 2. The Morgan fingerprint density at radius 1 is 1.31 bits per heavy atom. The molecule has 1 spiro atoms. The first-order valence-electron chi connectivity index (χ1n) is 10.2. The van der Waals surface area contributed by atoms with Crippen LogP contribution in [0.15, 0.2) is 24.3 Å². The summed E-state index contributed by atoms with van der Waals surface area (Å²) in [6.45, 7) is 8.08. The Balaban J connectivity index is 1.65. The normalized spacial score (nSPS) is 56.5. The second-order valence-electron chi connectivity index (χ2n) is 9.28. The van der Waals surface area contributed by atoms with Crippen LogP contribution in [-0.4, -0.2) is 31.2 Å². The van der Waals surface area contributed by atoms with E-state index in [1.54, 1.807) is 0 Å². The number of allylic oxidation sites excluding steroid dienone is 3. The molecule has 2 bridgehead atoms. The van der Waals surface area contributed by atoms with Crippen molar-refractivity contribution in [3.05, 3.63) is 24.3 Å². The predicted octanol–water partition coefficient (Wildman–Crippen LogP) is 3.84. The number of rotatable bonds is 2. The summed E-state index contributed by atoms with van der Waals surface area (Å²) in [6.07, 6.45) is 11.9. The van der Waals surface area contributed by atoms with Crippen molar-refractivity contribution in [1.29, 1.82) is 5.26 Å². The van der Waals surface area contributed by atoms with Crippen molar-refractivity contribution < 1.29 is 14.2 Å². The zero-order chi connectivity index (χ0) is 18.2. The summed E-state index contributed by atoms with van der Waals surface area (Å²) in [5, 5.41) is 10.0. The van der Waals surface area contributed by atoms with E-state index in [2.05, 4.69) is 44.2 Å². The lowest BCUT2D eigenvalue weighted by molar-refractivity contribution is -0.286. The predicted molar refractivity (Wildman–Crippen MR) is 96.9 cm³/mol. The molecule has 140 valence electrons. The Morgan fingerprint density at radius 2 is 2.15 bits per heavy atom. The van der Waals surface area contributed by atoms with Gasteiger partial charge in [0.05, 0.1) is 12.7 Å². The van der Waals surface area contributed by atoms with Gasteiger partial charge in [-0.05, 0) is 49.0 Å². The topological polar surface area (TPSA) is 51.5 Å². The highest BCUT2D eigenvalue weighted by atomic mass is 16.7. The first-order valence-corrected chi connectivity index (χ1v) is 10.2. The van der Waals surface area contributed by atoms with Crippen LogP contribution in [0.25, 0.3) is 0 Å². The molecule has 0 aromatic rings. The number of ether oxygens (including phenoxy) is 3. The third kappa shape index (κ3) is 1.85. The van der Waals surface area contributed by atoms with E-state index < -0.39 is 5.60 Å². The highest BCUT2D eigenvalue weighted by Crippen LogP contribution is 2.70. The van der Waals surface area contributed by atoms with Crippen molar-refractivity contribution in [3.63, 3.8) is 0 Å². The second kappa shape index (κ2) is 5.44. The fourth-order valence-electron chi connectivity index (χ4n) is 7.25. The molecular formula is C22H29NO3. The molecular weight excluding hydrogens is 326 g/mol. The Hall–Kier alpha value is -1.15. The standard InChI is InChI=1S/C22H29NO3/c1-4-24-19-11-17-21(12-23)9-7-16-20(3)8-5-6-14(2)15(20)10-18(26-19)22(16,17)13-25-21/h5-7,9,14-19H,4,8,10-11,13H2,1-3H3/t14-,15+,16-,17+,18-,19+,20+,21+,22-/m1/s1. The number of nitrogens with zero attached hydrogens (tertiary/aromatic N) is 1. The lowest BCUT2D eigenvalue weighted by Crippen LogP contribution is -2.66. The minimum atomic E-state index is -0.798. The van der Waals surface area contributed by atoms with Crippen LogP contribution < -0.4 is 0 Å². The monoisotopic (exact) mass is 355 g/mol. The molecule has 2 heterocycles. The van der Waals surface area contributed by atoms with Gasteiger partial charge in [0.1, 0.15) is 6.07 Å². The van der Waals surface area contributed by atoms with Gasteiger partial charge in [-0.2, -0.15) is 5.26 Å². The highest BCUT2D eigenvalue weighted by Gasteiger charge is 2.73. The van der Waals surface area contributed by atoms with E-state index in [0.717, 1.165) is 19.3 Å².